The highest BCUT2D eigenvalue weighted by Gasteiger charge is 2.19. The van der Waals surface area contributed by atoms with Gasteiger partial charge in [-0.25, -0.2) is 4.79 Å². The average molecular weight is 287 g/mol. The van der Waals surface area contributed by atoms with Gasteiger partial charge in [0.25, 0.3) is 0 Å². The van der Waals surface area contributed by atoms with Gasteiger partial charge in [0.15, 0.2) is 0 Å². The van der Waals surface area contributed by atoms with E-state index < -0.39 is 5.97 Å². The molecule has 1 aliphatic heterocycles. The monoisotopic (exact) mass is 287 g/mol. The number of fused-ring (bicyclic) bond motifs is 1. The molecule has 110 valence electrons. The van der Waals surface area contributed by atoms with E-state index in [4.69, 9.17) is 5.73 Å². The lowest BCUT2D eigenvalue weighted by Crippen LogP contribution is -2.39. The number of phenolic OH excluding ortho intramolecular Hbond substituents is 1. The van der Waals surface area contributed by atoms with Crippen LogP contribution in [-0.4, -0.2) is 40.3 Å². The summed E-state index contributed by atoms with van der Waals surface area (Å²) in [6.07, 6.45) is 3.48. The number of carboxylic acid groups (broad SMARTS) is 1. The fourth-order valence-corrected chi connectivity index (χ4v) is 2.71. The Morgan fingerprint density at radius 3 is 2.71 bits per heavy atom. The summed E-state index contributed by atoms with van der Waals surface area (Å²) < 4.78 is 0. The number of nitrogens with zero attached hydrogens (tertiary/aromatic N) is 2. The fourth-order valence-electron chi connectivity index (χ4n) is 2.71. The number of piperidine rings is 1. The third-order valence-corrected chi connectivity index (χ3v) is 3.95. The van der Waals surface area contributed by atoms with Gasteiger partial charge in [0.1, 0.15) is 11.3 Å². The smallest absolute Gasteiger partial charge is 0.336 e. The Morgan fingerprint density at radius 2 is 2.05 bits per heavy atom. The van der Waals surface area contributed by atoms with E-state index >= 15 is 0 Å². The molecule has 0 atom stereocenters. The van der Waals surface area contributed by atoms with E-state index in [0.29, 0.717) is 10.9 Å². The molecule has 0 radical (unpaired) electrons. The minimum atomic E-state index is -1.03. The predicted octanol–water partition coefficient (Wildman–Crippen LogP) is 1.57. The minimum absolute atomic E-state index is 0.0118. The summed E-state index contributed by atoms with van der Waals surface area (Å²) in [6, 6.07) is 4.77. The molecule has 0 amide bonds. The van der Waals surface area contributed by atoms with Crippen LogP contribution in [0.25, 0.3) is 10.9 Å². The fraction of sp³-hybridized carbons (Fsp3) is 0.333. The molecular formula is C15H17N3O3. The van der Waals surface area contributed by atoms with Crippen LogP contribution in [0, 0.1) is 0 Å². The van der Waals surface area contributed by atoms with Gasteiger partial charge in [0, 0.05) is 24.5 Å². The lowest BCUT2D eigenvalue weighted by atomic mass is 10.0. The van der Waals surface area contributed by atoms with Crippen LogP contribution in [0.1, 0.15) is 23.2 Å². The van der Waals surface area contributed by atoms with Gasteiger partial charge in [-0.1, -0.05) is 0 Å². The maximum absolute atomic E-state index is 11.3. The lowest BCUT2D eigenvalue weighted by molar-refractivity contribution is 0.0699. The number of aromatic hydroxyl groups is 1. The van der Waals surface area contributed by atoms with E-state index in [0.717, 1.165) is 31.6 Å². The molecule has 2 aromatic rings. The van der Waals surface area contributed by atoms with Crippen molar-refractivity contribution >= 4 is 22.6 Å². The summed E-state index contributed by atoms with van der Waals surface area (Å²) in [5, 5.41) is 19.6. The molecule has 6 heteroatoms. The SMILES string of the molecule is NC1CCN(c2cnc3c(O)ccc(C(=O)O)c3c2)CC1. The highest BCUT2D eigenvalue weighted by Crippen LogP contribution is 2.30. The van der Waals surface area contributed by atoms with E-state index in [1.54, 1.807) is 12.3 Å². The molecule has 3 rings (SSSR count). The Bertz CT molecular complexity index is 694. The van der Waals surface area contributed by atoms with Crippen molar-refractivity contribution in [2.75, 3.05) is 18.0 Å². The number of benzene rings is 1. The summed E-state index contributed by atoms with van der Waals surface area (Å²) in [7, 11) is 0. The van der Waals surface area contributed by atoms with Crippen LogP contribution in [0.3, 0.4) is 0 Å². The van der Waals surface area contributed by atoms with Crippen LogP contribution < -0.4 is 10.6 Å². The van der Waals surface area contributed by atoms with Crippen molar-refractivity contribution < 1.29 is 15.0 Å². The van der Waals surface area contributed by atoms with Crippen molar-refractivity contribution in [3.8, 4) is 5.75 Å². The number of carboxylic acids is 1. The molecule has 1 saturated heterocycles. The number of aromatic carboxylic acids is 1. The molecule has 0 saturated carbocycles. The minimum Gasteiger partial charge on any atom is -0.506 e. The van der Waals surface area contributed by atoms with E-state index in [9.17, 15) is 15.0 Å². The zero-order valence-electron chi connectivity index (χ0n) is 11.5. The van der Waals surface area contributed by atoms with Gasteiger partial charge in [-0.3, -0.25) is 4.98 Å². The quantitative estimate of drug-likeness (QED) is 0.775. The van der Waals surface area contributed by atoms with E-state index in [-0.39, 0.29) is 17.4 Å². The van der Waals surface area contributed by atoms with Crippen molar-refractivity contribution in [3.63, 3.8) is 0 Å². The Hall–Kier alpha value is -2.34. The maximum Gasteiger partial charge on any atom is 0.336 e. The highest BCUT2D eigenvalue weighted by molar-refractivity contribution is 6.05. The first kappa shape index (κ1) is 13.6. The molecule has 1 fully saturated rings. The number of phenols is 1. The average Bonchev–Trinajstić information content (AvgIpc) is 2.47. The van der Waals surface area contributed by atoms with Crippen molar-refractivity contribution in [1.82, 2.24) is 4.98 Å². The van der Waals surface area contributed by atoms with Gasteiger partial charge in [-0.2, -0.15) is 0 Å². The van der Waals surface area contributed by atoms with Crippen LogP contribution in [0.2, 0.25) is 0 Å². The molecule has 0 bridgehead atoms. The second-order valence-electron chi connectivity index (χ2n) is 5.35. The number of hydrogen-bond donors (Lipinski definition) is 3. The van der Waals surface area contributed by atoms with Crippen molar-refractivity contribution in [3.05, 3.63) is 30.0 Å². The largest absolute Gasteiger partial charge is 0.506 e. The predicted molar refractivity (Wildman–Crippen MR) is 79.8 cm³/mol. The Morgan fingerprint density at radius 1 is 1.33 bits per heavy atom. The van der Waals surface area contributed by atoms with Gasteiger partial charge in [0.2, 0.25) is 0 Å². The second-order valence-corrected chi connectivity index (χ2v) is 5.35. The number of nitrogens with two attached hydrogens (primary N) is 1. The third kappa shape index (κ3) is 2.50. The molecule has 4 N–H and O–H groups in total. The first-order valence-corrected chi connectivity index (χ1v) is 6.92. The summed E-state index contributed by atoms with van der Waals surface area (Å²) in [6.45, 7) is 1.66. The molecule has 21 heavy (non-hydrogen) atoms. The molecule has 1 aliphatic rings. The zero-order valence-corrected chi connectivity index (χ0v) is 11.5. The van der Waals surface area contributed by atoms with Crippen LogP contribution in [0.15, 0.2) is 24.4 Å². The lowest BCUT2D eigenvalue weighted by Gasteiger charge is -2.31. The first-order valence-electron chi connectivity index (χ1n) is 6.92. The van der Waals surface area contributed by atoms with Gasteiger partial charge < -0.3 is 20.8 Å². The molecule has 1 aromatic heterocycles. The van der Waals surface area contributed by atoms with Crippen molar-refractivity contribution in [2.45, 2.75) is 18.9 Å². The van der Waals surface area contributed by atoms with E-state index in [1.165, 1.54) is 12.1 Å². The summed E-state index contributed by atoms with van der Waals surface area (Å²) in [4.78, 5) is 17.7. The van der Waals surface area contributed by atoms with Crippen LogP contribution in [-0.2, 0) is 0 Å². The number of pyridine rings is 1. The van der Waals surface area contributed by atoms with Crippen molar-refractivity contribution in [1.29, 1.82) is 0 Å². The number of carbonyl (C=O) groups is 1. The summed E-state index contributed by atoms with van der Waals surface area (Å²) >= 11 is 0. The van der Waals surface area contributed by atoms with E-state index in [2.05, 4.69) is 9.88 Å². The van der Waals surface area contributed by atoms with Crippen LogP contribution >= 0.6 is 0 Å². The number of hydrogen-bond acceptors (Lipinski definition) is 5. The standard InChI is InChI=1S/C15H17N3O3/c16-9-3-5-18(6-4-9)10-7-12-11(15(20)21)1-2-13(19)14(12)17-8-10/h1-2,7-9,19H,3-6,16H2,(H,20,21). The van der Waals surface area contributed by atoms with E-state index in [1.807, 2.05) is 0 Å². The van der Waals surface area contributed by atoms with Gasteiger partial charge in [0.05, 0.1) is 17.4 Å². The Labute approximate surface area is 121 Å². The van der Waals surface area contributed by atoms with Crippen LogP contribution in [0.5, 0.6) is 5.75 Å². The topological polar surface area (TPSA) is 99.7 Å². The number of aromatic nitrogens is 1. The highest BCUT2D eigenvalue weighted by atomic mass is 16.4. The van der Waals surface area contributed by atoms with Crippen molar-refractivity contribution in [2.24, 2.45) is 5.73 Å². The first-order chi connectivity index (χ1) is 10.1. The molecule has 1 aromatic carbocycles. The number of anilines is 1. The van der Waals surface area contributed by atoms with Gasteiger partial charge in [-0.05, 0) is 31.0 Å². The normalized spacial score (nSPS) is 16.3. The molecule has 6 nitrogen and oxygen atoms in total. The number of rotatable bonds is 2. The van der Waals surface area contributed by atoms with Gasteiger partial charge >= 0.3 is 5.97 Å². The van der Waals surface area contributed by atoms with Crippen LogP contribution in [0.4, 0.5) is 5.69 Å². The third-order valence-electron chi connectivity index (χ3n) is 3.95. The zero-order chi connectivity index (χ0) is 15.0. The Kier molecular flexibility index (Phi) is 3.39. The molecule has 0 unspecified atom stereocenters. The molecular weight excluding hydrogens is 270 g/mol. The summed E-state index contributed by atoms with van der Waals surface area (Å²) in [5.41, 5.74) is 7.22. The molecule has 2 heterocycles. The van der Waals surface area contributed by atoms with Gasteiger partial charge in [-0.15, -0.1) is 0 Å². The Balaban J connectivity index is 2.06. The summed E-state index contributed by atoms with van der Waals surface area (Å²) in [5.74, 6) is -1.04. The molecule has 0 aliphatic carbocycles. The maximum atomic E-state index is 11.3. The molecule has 0 spiro atoms. The second kappa shape index (κ2) is 5.21.